The number of nitrogens with zero attached hydrogens (tertiary/aromatic N) is 4. The molecule has 3 rings (SSSR count). The summed E-state index contributed by atoms with van der Waals surface area (Å²) in [6.45, 7) is 8.48. The number of rotatable bonds is 5. The molecule has 2 heterocycles. The lowest BCUT2D eigenvalue weighted by Gasteiger charge is -2.38. The van der Waals surface area contributed by atoms with Crippen LogP contribution in [-0.2, 0) is 0 Å². The molecule has 7 heteroatoms. The molecule has 2 aliphatic rings. The lowest BCUT2D eigenvalue weighted by atomic mass is 10.1. The summed E-state index contributed by atoms with van der Waals surface area (Å²) in [7, 11) is 3.62. The Morgan fingerprint density at radius 2 is 1.74 bits per heavy atom. The number of nitrogens with one attached hydrogen (secondary N) is 1. The molecule has 0 unspecified atom stereocenters. The molecule has 1 aromatic rings. The molecule has 0 radical (unpaired) electrons. The quantitative estimate of drug-likeness (QED) is 0.393. The van der Waals surface area contributed by atoms with Gasteiger partial charge in [0.1, 0.15) is 5.75 Å². The zero-order valence-electron chi connectivity index (χ0n) is 16.7. The van der Waals surface area contributed by atoms with Crippen LogP contribution in [0.5, 0.6) is 5.75 Å². The molecule has 0 atom stereocenters. The number of ether oxygens (including phenoxy) is 1. The first kappa shape index (κ1) is 22.1. The molecule has 152 valence electrons. The van der Waals surface area contributed by atoms with Gasteiger partial charge in [-0.15, -0.1) is 24.0 Å². The monoisotopic (exact) mass is 487 g/mol. The maximum atomic E-state index is 5.51. The summed E-state index contributed by atoms with van der Waals surface area (Å²) < 4.78 is 5.51. The maximum absolute atomic E-state index is 5.51. The lowest BCUT2D eigenvalue weighted by molar-refractivity contribution is 0.231. The molecule has 27 heavy (non-hydrogen) atoms. The molecule has 1 N–H and O–H groups in total. The SMILES string of the molecule is CN=C(NCCN1CCCCC1)N1CCN(c2ccccc2OC)CC1.I. The number of halogens is 1. The highest BCUT2D eigenvalue weighted by Crippen LogP contribution is 2.28. The predicted molar refractivity (Wildman–Crippen MR) is 124 cm³/mol. The second kappa shape index (κ2) is 11.6. The number of piperazine rings is 1. The van der Waals surface area contributed by atoms with Gasteiger partial charge in [0.25, 0.3) is 0 Å². The number of hydrogen-bond acceptors (Lipinski definition) is 4. The second-order valence-corrected chi connectivity index (χ2v) is 7.02. The number of likely N-dealkylation sites (tertiary alicyclic amines) is 1. The summed E-state index contributed by atoms with van der Waals surface area (Å²) in [4.78, 5) is 11.8. The Kier molecular flexibility index (Phi) is 9.47. The third-order valence-electron chi connectivity index (χ3n) is 5.38. The summed E-state index contributed by atoms with van der Waals surface area (Å²) in [5.74, 6) is 1.98. The van der Waals surface area contributed by atoms with Crippen molar-refractivity contribution in [1.29, 1.82) is 0 Å². The lowest BCUT2D eigenvalue weighted by Crippen LogP contribution is -2.53. The average Bonchev–Trinajstić information content (AvgIpc) is 2.72. The number of methoxy groups -OCH3 is 1. The Balaban J connectivity index is 0.00000261. The van der Waals surface area contributed by atoms with Crippen LogP contribution in [-0.4, -0.2) is 82.3 Å². The fraction of sp³-hybridized carbons (Fsp3) is 0.650. The molecule has 0 saturated carbocycles. The van der Waals surface area contributed by atoms with E-state index in [1.807, 2.05) is 19.2 Å². The predicted octanol–water partition coefficient (Wildman–Crippen LogP) is 2.50. The Morgan fingerprint density at radius 1 is 1.04 bits per heavy atom. The van der Waals surface area contributed by atoms with Gasteiger partial charge in [-0.1, -0.05) is 18.6 Å². The van der Waals surface area contributed by atoms with Crippen LogP contribution in [0.3, 0.4) is 0 Å². The van der Waals surface area contributed by atoms with E-state index in [-0.39, 0.29) is 24.0 Å². The van der Waals surface area contributed by atoms with Crippen molar-refractivity contribution in [1.82, 2.24) is 15.1 Å². The van der Waals surface area contributed by atoms with Crippen LogP contribution in [0, 0.1) is 0 Å². The van der Waals surface area contributed by atoms with E-state index in [0.717, 1.165) is 51.0 Å². The zero-order chi connectivity index (χ0) is 18.2. The molecular formula is C20H34IN5O. The van der Waals surface area contributed by atoms with E-state index in [1.54, 1.807) is 7.11 Å². The fourth-order valence-electron chi connectivity index (χ4n) is 3.89. The fourth-order valence-corrected chi connectivity index (χ4v) is 3.89. The van der Waals surface area contributed by atoms with E-state index in [2.05, 4.69) is 37.1 Å². The van der Waals surface area contributed by atoms with Gasteiger partial charge in [0.05, 0.1) is 12.8 Å². The molecule has 0 aliphatic carbocycles. The standard InChI is InChI=1S/C20H33N5O.HI/c1-21-20(22-10-13-23-11-6-3-7-12-23)25-16-14-24(15-17-25)18-8-4-5-9-19(18)26-2;/h4-5,8-9H,3,6-7,10-17H2,1-2H3,(H,21,22);1H. The van der Waals surface area contributed by atoms with Crippen LogP contribution in [0.4, 0.5) is 5.69 Å². The van der Waals surface area contributed by atoms with Gasteiger partial charge in [0.15, 0.2) is 5.96 Å². The molecule has 2 aliphatic heterocycles. The van der Waals surface area contributed by atoms with E-state index in [9.17, 15) is 0 Å². The van der Waals surface area contributed by atoms with Crippen LogP contribution >= 0.6 is 24.0 Å². The Hall–Kier alpha value is -1.22. The van der Waals surface area contributed by atoms with E-state index in [0.29, 0.717) is 0 Å². The number of aliphatic imine (C=N–C) groups is 1. The van der Waals surface area contributed by atoms with Gasteiger partial charge < -0.3 is 24.8 Å². The van der Waals surface area contributed by atoms with Crippen molar-refractivity contribution in [2.45, 2.75) is 19.3 Å². The summed E-state index contributed by atoms with van der Waals surface area (Å²) in [5, 5.41) is 3.55. The first-order chi connectivity index (χ1) is 12.8. The first-order valence-electron chi connectivity index (χ1n) is 9.87. The van der Waals surface area contributed by atoms with Crippen LogP contribution in [0.1, 0.15) is 19.3 Å². The van der Waals surface area contributed by atoms with Crippen molar-refractivity contribution in [2.24, 2.45) is 4.99 Å². The Bertz CT molecular complexity index is 583. The van der Waals surface area contributed by atoms with E-state index in [1.165, 1.54) is 38.0 Å². The van der Waals surface area contributed by atoms with Crippen LogP contribution in [0.2, 0.25) is 0 Å². The average molecular weight is 487 g/mol. The smallest absolute Gasteiger partial charge is 0.193 e. The third kappa shape index (κ3) is 6.14. The highest BCUT2D eigenvalue weighted by Gasteiger charge is 2.21. The van der Waals surface area contributed by atoms with Gasteiger partial charge in [-0.3, -0.25) is 4.99 Å². The summed E-state index contributed by atoms with van der Waals surface area (Å²) in [6.07, 6.45) is 4.08. The maximum Gasteiger partial charge on any atom is 0.193 e. The van der Waals surface area contributed by atoms with E-state index < -0.39 is 0 Å². The molecule has 0 bridgehead atoms. The Morgan fingerprint density at radius 3 is 2.41 bits per heavy atom. The number of hydrogen-bond donors (Lipinski definition) is 1. The molecule has 0 amide bonds. The number of guanidine groups is 1. The number of benzene rings is 1. The summed E-state index contributed by atoms with van der Waals surface area (Å²) >= 11 is 0. The van der Waals surface area contributed by atoms with Gasteiger partial charge in [0.2, 0.25) is 0 Å². The third-order valence-corrected chi connectivity index (χ3v) is 5.38. The molecule has 2 saturated heterocycles. The molecule has 0 aromatic heterocycles. The van der Waals surface area contributed by atoms with Crippen LogP contribution < -0.4 is 15.0 Å². The zero-order valence-corrected chi connectivity index (χ0v) is 19.0. The van der Waals surface area contributed by atoms with Crippen molar-refractivity contribution in [3.8, 4) is 5.75 Å². The topological polar surface area (TPSA) is 43.3 Å². The van der Waals surface area contributed by atoms with Crippen molar-refractivity contribution in [3.63, 3.8) is 0 Å². The normalized spacial score (nSPS) is 18.8. The van der Waals surface area contributed by atoms with Crippen molar-refractivity contribution in [3.05, 3.63) is 24.3 Å². The van der Waals surface area contributed by atoms with Crippen molar-refractivity contribution in [2.75, 3.05) is 71.4 Å². The van der Waals surface area contributed by atoms with E-state index >= 15 is 0 Å². The number of para-hydroxylation sites is 2. The van der Waals surface area contributed by atoms with Crippen molar-refractivity contribution < 1.29 is 4.74 Å². The minimum Gasteiger partial charge on any atom is -0.495 e. The molecule has 0 spiro atoms. The number of anilines is 1. The van der Waals surface area contributed by atoms with Gasteiger partial charge in [-0.05, 0) is 38.1 Å². The molecule has 1 aromatic carbocycles. The summed E-state index contributed by atoms with van der Waals surface area (Å²) in [5.41, 5.74) is 1.18. The largest absolute Gasteiger partial charge is 0.495 e. The van der Waals surface area contributed by atoms with Gasteiger partial charge >= 0.3 is 0 Å². The first-order valence-corrected chi connectivity index (χ1v) is 9.87. The second-order valence-electron chi connectivity index (χ2n) is 7.02. The Labute approximate surface area is 181 Å². The van der Waals surface area contributed by atoms with E-state index in [4.69, 9.17) is 4.74 Å². The van der Waals surface area contributed by atoms with Crippen LogP contribution in [0.15, 0.2) is 29.3 Å². The molecule has 6 nitrogen and oxygen atoms in total. The molecule has 2 fully saturated rings. The number of piperidine rings is 1. The minimum atomic E-state index is 0. The van der Waals surface area contributed by atoms with Gasteiger partial charge in [0, 0.05) is 46.3 Å². The highest BCUT2D eigenvalue weighted by atomic mass is 127. The minimum absolute atomic E-state index is 0. The van der Waals surface area contributed by atoms with Crippen LogP contribution in [0.25, 0.3) is 0 Å². The van der Waals surface area contributed by atoms with Gasteiger partial charge in [-0.2, -0.15) is 0 Å². The molecular weight excluding hydrogens is 453 g/mol. The van der Waals surface area contributed by atoms with Gasteiger partial charge in [-0.25, -0.2) is 0 Å². The summed E-state index contributed by atoms with van der Waals surface area (Å²) in [6, 6.07) is 8.26. The van der Waals surface area contributed by atoms with Crippen molar-refractivity contribution >= 4 is 35.6 Å². The highest BCUT2D eigenvalue weighted by molar-refractivity contribution is 14.0.